The Morgan fingerprint density at radius 1 is 0.767 bits per heavy atom. The first kappa shape index (κ1) is 19.7. The molecule has 0 fully saturated rings. The first-order chi connectivity index (χ1) is 14.6. The fraction of sp³-hybridized carbons (Fsp3) is 0.0417. The summed E-state index contributed by atoms with van der Waals surface area (Å²) in [5.74, 6) is -0.274. The van der Waals surface area contributed by atoms with Crippen LogP contribution in [0.5, 0.6) is 0 Å². The van der Waals surface area contributed by atoms with E-state index in [1.165, 1.54) is 0 Å². The number of rotatable bonds is 4. The molecule has 1 aliphatic heterocycles. The van der Waals surface area contributed by atoms with Crippen LogP contribution in [0.15, 0.2) is 82.6 Å². The van der Waals surface area contributed by atoms with Gasteiger partial charge in [-0.1, -0.05) is 59.8 Å². The molecule has 3 aromatic rings. The Kier molecular flexibility index (Phi) is 5.77. The summed E-state index contributed by atoms with van der Waals surface area (Å²) in [5.41, 5.74) is 5.27. The van der Waals surface area contributed by atoms with Crippen LogP contribution >= 0.6 is 11.3 Å². The van der Waals surface area contributed by atoms with E-state index in [1.54, 1.807) is 31.3 Å². The van der Waals surface area contributed by atoms with Gasteiger partial charge in [0.1, 0.15) is 0 Å². The summed E-state index contributed by atoms with van der Waals surface area (Å²) < 4.78 is 7.51. The first-order valence-corrected chi connectivity index (χ1v) is 10.8. The molecular formula is C24H21N3O2S. The van der Waals surface area contributed by atoms with Gasteiger partial charge in [0.25, 0.3) is 11.8 Å². The van der Waals surface area contributed by atoms with E-state index in [0.29, 0.717) is 11.1 Å². The molecule has 2 amide bonds. The van der Waals surface area contributed by atoms with E-state index in [4.69, 9.17) is 0 Å². The summed E-state index contributed by atoms with van der Waals surface area (Å²) in [4.78, 5) is 24.3. The SMILES string of the molecule is CNC(=O)c1ccc(-c2ccc(C(=O)N[SH]3C=Cc4ccccc4C=N3)cc2)cc1. The monoisotopic (exact) mass is 415 g/mol. The fourth-order valence-corrected chi connectivity index (χ4v) is 4.20. The molecule has 1 atom stereocenters. The standard InChI is InChI=1S/C24H21N3O2S/c1-25-23(28)20-10-6-18(7-11-20)19-8-12-21(13-9-19)24(29)27-30-15-14-17-4-2-3-5-22(17)16-26-30/h2-16,30H,1H3,(H,25,28)(H,27,29). The molecule has 3 aromatic carbocycles. The van der Waals surface area contributed by atoms with Crippen LogP contribution in [0.1, 0.15) is 31.8 Å². The summed E-state index contributed by atoms with van der Waals surface area (Å²) in [6, 6.07) is 22.7. The zero-order valence-corrected chi connectivity index (χ0v) is 17.3. The molecule has 0 saturated heterocycles. The third-order valence-corrected chi connectivity index (χ3v) is 6.01. The van der Waals surface area contributed by atoms with E-state index in [-0.39, 0.29) is 11.8 Å². The second kappa shape index (κ2) is 8.80. The number of hydrogen-bond acceptors (Lipinski definition) is 3. The Labute approximate surface area is 178 Å². The number of carbonyl (C=O) groups is 2. The number of nitrogens with one attached hydrogen (secondary N) is 2. The molecule has 5 nitrogen and oxygen atoms in total. The van der Waals surface area contributed by atoms with Crippen LogP contribution in [0, 0.1) is 0 Å². The largest absolute Gasteiger partial charge is 0.355 e. The van der Waals surface area contributed by atoms with Gasteiger partial charge in [0.2, 0.25) is 0 Å². The lowest BCUT2D eigenvalue weighted by atomic mass is 10.0. The maximum absolute atomic E-state index is 12.7. The van der Waals surface area contributed by atoms with Gasteiger partial charge in [-0.15, -0.1) is 0 Å². The number of carbonyl (C=O) groups excluding carboxylic acids is 2. The lowest BCUT2D eigenvalue weighted by Crippen LogP contribution is -2.18. The van der Waals surface area contributed by atoms with Gasteiger partial charge < -0.3 is 5.32 Å². The van der Waals surface area contributed by atoms with E-state index in [0.717, 1.165) is 22.3 Å². The zero-order valence-electron chi connectivity index (χ0n) is 16.4. The fourth-order valence-electron chi connectivity index (χ4n) is 3.10. The van der Waals surface area contributed by atoms with Crippen molar-refractivity contribution in [3.05, 3.63) is 100 Å². The Morgan fingerprint density at radius 2 is 1.33 bits per heavy atom. The summed E-state index contributed by atoms with van der Waals surface area (Å²) in [5, 5.41) is 4.55. The average Bonchev–Trinajstić information content (AvgIpc) is 3.01. The lowest BCUT2D eigenvalue weighted by molar-refractivity contribution is 0.0960. The van der Waals surface area contributed by atoms with Gasteiger partial charge >= 0.3 is 0 Å². The Bertz CT molecular complexity index is 1100. The van der Waals surface area contributed by atoms with Gasteiger partial charge in [0, 0.05) is 30.0 Å². The molecule has 6 heteroatoms. The number of hydrogen-bond donors (Lipinski definition) is 3. The smallest absolute Gasteiger partial charge is 0.261 e. The van der Waals surface area contributed by atoms with E-state index < -0.39 is 11.3 Å². The number of benzene rings is 3. The van der Waals surface area contributed by atoms with Crippen LogP contribution in [0.2, 0.25) is 0 Å². The molecule has 30 heavy (non-hydrogen) atoms. The molecule has 0 spiro atoms. The quantitative estimate of drug-likeness (QED) is 0.554. The predicted octanol–water partition coefficient (Wildman–Crippen LogP) is 4.38. The van der Waals surface area contributed by atoms with Crippen molar-refractivity contribution in [1.82, 2.24) is 10.0 Å². The van der Waals surface area contributed by atoms with Gasteiger partial charge in [0.05, 0.1) is 0 Å². The minimum Gasteiger partial charge on any atom is -0.355 e. The molecule has 0 bridgehead atoms. The van der Waals surface area contributed by atoms with Gasteiger partial charge in [-0.2, -0.15) is 0 Å². The molecule has 0 saturated carbocycles. The maximum Gasteiger partial charge on any atom is 0.261 e. The van der Waals surface area contributed by atoms with E-state index in [1.807, 2.05) is 66.2 Å². The van der Waals surface area contributed by atoms with Crippen LogP contribution in [-0.2, 0) is 0 Å². The van der Waals surface area contributed by atoms with Crippen molar-refractivity contribution in [3.63, 3.8) is 0 Å². The normalized spacial score (nSPS) is 15.7. The first-order valence-electron chi connectivity index (χ1n) is 9.48. The van der Waals surface area contributed by atoms with Crippen molar-refractivity contribution in [2.75, 3.05) is 7.05 Å². The van der Waals surface area contributed by atoms with Crippen LogP contribution < -0.4 is 10.0 Å². The van der Waals surface area contributed by atoms with Crippen molar-refractivity contribution < 1.29 is 9.59 Å². The van der Waals surface area contributed by atoms with E-state index in [9.17, 15) is 9.59 Å². The third kappa shape index (κ3) is 4.34. The number of amides is 2. The maximum atomic E-state index is 12.7. The molecule has 1 unspecified atom stereocenters. The van der Waals surface area contributed by atoms with Crippen molar-refractivity contribution in [2.24, 2.45) is 4.40 Å². The Balaban J connectivity index is 1.44. The molecular weight excluding hydrogens is 394 g/mol. The molecule has 0 aromatic heterocycles. The summed E-state index contributed by atoms with van der Waals surface area (Å²) in [7, 11) is 1.61. The topological polar surface area (TPSA) is 70.6 Å². The molecule has 0 aliphatic carbocycles. The number of thiol groups is 1. The predicted molar refractivity (Wildman–Crippen MR) is 125 cm³/mol. The third-order valence-electron chi connectivity index (χ3n) is 4.78. The van der Waals surface area contributed by atoms with Gasteiger partial charge in [-0.3, -0.25) is 14.3 Å². The highest BCUT2D eigenvalue weighted by Crippen LogP contribution is 2.29. The molecule has 150 valence electrons. The Morgan fingerprint density at radius 3 is 1.93 bits per heavy atom. The van der Waals surface area contributed by atoms with E-state index >= 15 is 0 Å². The minimum atomic E-state index is -1.12. The molecule has 2 N–H and O–H groups in total. The second-order valence-corrected chi connectivity index (χ2v) is 8.15. The van der Waals surface area contributed by atoms with Gasteiger partial charge in [-0.05, 0) is 52.4 Å². The Hall–Kier alpha value is -3.64. The molecule has 4 rings (SSSR count). The molecule has 1 heterocycles. The summed E-state index contributed by atoms with van der Waals surface area (Å²) in [6.07, 6.45) is 3.81. The second-order valence-electron chi connectivity index (χ2n) is 6.71. The summed E-state index contributed by atoms with van der Waals surface area (Å²) >= 11 is -1.12. The van der Waals surface area contributed by atoms with Crippen molar-refractivity contribution >= 4 is 35.4 Å². The lowest BCUT2D eigenvalue weighted by Gasteiger charge is -2.13. The summed E-state index contributed by atoms with van der Waals surface area (Å²) in [6.45, 7) is 0. The van der Waals surface area contributed by atoms with Gasteiger partial charge in [0.15, 0.2) is 0 Å². The molecule has 0 radical (unpaired) electrons. The highest BCUT2D eigenvalue weighted by molar-refractivity contribution is 8.17. The van der Waals surface area contributed by atoms with Crippen LogP contribution in [0.4, 0.5) is 0 Å². The van der Waals surface area contributed by atoms with Crippen molar-refractivity contribution in [3.8, 4) is 11.1 Å². The van der Waals surface area contributed by atoms with Gasteiger partial charge in [-0.25, -0.2) is 4.40 Å². The number of fused-ring (bicyclic) bond motifs is 1. The highest BCUT2D eigenvalue weighted by atomic mass is 32.2. The zero-order chi connectivity index (χ0) is 20.9. The number of nitrogens with zero attached hydrogens (tertiary/aromatic N) is 1. The van der Waals surface area contributed by atoms with Crippen LogP contribution in [0.3, 0.4) is 0 Å². The molecule has 1 aliphatic rings. The average molecular weight is 416 g/mol. The minimum absolute atomic E-state index is 0.117. The van der Waals surface area contributed by atoms with Crippen LogP contribution in [0.25, 0.3) is 17.2 Å². The van der Waals surface area contributed by atoms with Crippen molar-refractivity contribution in [2.45, 2.75) is 0 Å². The van der Waals surface area contributed by atoms with Crippen molar-refractivity contribution in [1.29, 1.82) is 0 Å². The van der Waals surface area contributed by atoms with E-state index in [2.05, 4.69) is 14.4 Å². The van der Waals surface area contributed by atoms with Crippen LogP contribution in [-0.4, -0.2) is 25.1 Å². The highest BCUT2D eigenvalue weighted by Gasteiger charge is 2.10.